The molecule has 26 heavy (non-hydrogen) atoms. The van der Waals surface area contributed by atoms with Crippen LogP contribution >= 0.6 is 0 Å². The van der Waals surface area contributed by atoms with Gasteiger partial charge in [-0.25, -0.2) is 9.07 Å². The van der Waals surface area contributed by atoms with Crippen molar-refractivity contribution in [2.24, 2.45) is 0 Å². The van der Waals surface area contributed by atoms with E-state index in [1.54, 1.807) is 24.4 Å². The summed E-state index contributed by atoms with van der Waals surface area (Å²) in [5, 5.41) is 4.26. The van der Waals surface area contributed by atoms with Crippen LogP contribution in [0, 0.1) is 5.82 Å². The second-order valence-corrected chi connectivity index (χ2v) is 5.73. The zero-order valence-electron chi connectivity index (χ0n) is 13.7. The number of halogens is 1. The third kappa shape index (κ3) is 2.80. The van der Waals surface area contributed by atoms with E-state index < -0.39 is 5.82 Å². The summed E-state index contributed by atoms with van der Waals surface area (Å²) in [7, 11) is 0. The average Bonchev–Trinajstić information content (AvgIpc) is 3.13. The van der Waals surface area contributed by atoms with Gasteiger partial charge in [0.1, 0.15) is 5.82 Å². The second-order valence-electron chi connectivity index (χ2n) is 5.73. The van der Waals surface area contributed by atoms with E-state index in [1.165, 1.54) is 16.9 Å². The van der Waals surface area contributed by atoms with Gasteiger partial charge < -0.3 is 0 Å². The molecule has 4 nitrogen and oxygen atoms in total. The molecule has 0 spiro atoms. The van der Waals surface area contributed by atoms with Crippen LogP contribution < -0.4 is 0 Å². The van der Waals surface area contributed by atoms with Gasteiger partial charge in [0.05, 0.1) is 35.0 Å². The first-order valence-electron chi connectivity index (χ1n) is 8.08. The van der Waals surface area contributed by atoms with E-state index in [0.717, 1.165) is 11.3 Å². The Kier molecular flexibility index (Phi) is 4.11. The summed E-state index contributed by atoms with van der Waals surface area (Å²) in [4.78, 5) is 15.9. The molecule has 5 heteroatoms. The second kappa shape index (κ2) is 6.72. The van der Waals surface area contributed by atoms with Crippen LogP contribution in [0.1, 0.15) is 10.4 Å². The van der Waals surface area contributed by atoms with Crippen molar-refractivity contribution in [2.75, 3.05) is 0 Å². The summed E-state index contributed by atoms with van der Waals surface area (Å²) in [6.07, 6.45) is 3.77. The number of hydrogen-bond acceptors (Lipinski definition) is 3. The topological polar surface area (TPSA) is 47.8 Å². The molecule has 0 aliphatic heterocycles. The summed E-state index contributed by atoms with van der Waals surface area (Å²) in [6.45, 7) is 0. The Morgan fingerprint density at radius 3 is 2.35 bits per heavy atom. The molecule has 2 heterocycles. The highest BCUT2D eigenvalue weighted by Crippen LogP contribution is 2.28. The molecule has 0 unspecified atom stereocenters. The van der Waals surface area contributed by atoms with Crippen molar-refractivity contribution in [2.45, 2.75) is 0 Å². The third-order valence-electron chi connectivity index (χ3n) is 4.12. The van der Waals surface area contributed by atoms with E-state index in [0.29, 0.717) is 28.8 Å². The van der Waals surface area contributed by atoms with Crippen LogP contribution in [0.25, 0.3) is 28.2 Å². The van der Waals surface area contributed by atoms with Crippen LogP contribution in [0.5, 0.6) is 0 Å². The molecule has 0 fully saturated rings. The molecule has 0 saturated carbocycles. The first kappa shape index (κ1) is 15.9. The highest BCUT2D eigenvalue weighted by Gasteiger charge is 2.17. The van der Waals surface area contributed by atoms with Gasteiger partial charge in [0.15, 0.2) is 6.29 Å². The predicted molar refractivity (Wildman–Crippen MR) is 97.6 cm³/mol. The monoisotopic (exact) mass is 343 g/mol. The van der Waals surface area contributed by atoms with Gasteiger partial charge in [-0.15, -0.1) is 0 Å². The van der Waals surface area contributed by atoms with Gasteiger partial charge in [-0.2, -0.15) is 5.10 Å². The molecule has 0 aliphatic rings. The first-order chi connectivity index (χ1) is 12.8. The van der Waals surface area contributed by atoms with E-state index in [9.17, 15) is 9.18 Å². The van der Waals surface area contributed by atoms with Crippen LogP contribution in [0.4, 0.5) is 4.39 Å². The smallest absolute Gasteiger partial charge is 0.153 e. The van der Waals surface area contributed by atoms with Crippen molar-refractivity contribution in [3.63, 3.8) is 0 Å². The maximum atomic E-state index is 14.3. The summed E-state index contributed by atoms with van der Waals surface area (Å²) in [5.74, 6) is -0.411. The van der Waals surface area contributed by atoms with Crippen molar-refractivity contribution >= 4 is 6.29 Å². The van der Waals surface area contributed by atoms with E-state index in [2.05, 4.69) is 10.1 Å². The molecule has 2 aromatic heterocycles. The maximum absolute atomic E-state index is 14.3. The average molecular weight is 343 g/mol. The van der Waals surface area contributed by atoms with E-state index in [-0.39, 0.29) is 0 Å². The predicted octanol–water partition coefficient (Wildman–Crippen LogP) is 4.55. The Bertz CT molecular complexity index is 1060. The van der Waals surface area contributed by atoms with Crippen molar-refractivity contribution in [1.82, 2.24) is 14.8 Å². The summed E-state index contributed by atoms with van der Waals surface area (Å²) in [5.41, 5.74) is 3.52. The van der Waals surface area contributed by atoms with Gasteiger partial charge in [-0.05, 0) is 24.3 Å². The van der Waals surface area contributed by atoms with E-state index >= 15 is 0 Å². The van der Waals surface area contributed by atoms with Crippen LogP contribution in [0.15, 0.2) is 79.1 Å². The van der Waals surface area contributed by atoms with Crippen molar-refractivity contribution in [3.8, 4) is 28.2 Å². The maximum Gasteiger partial charge on any atom is 0.153 e. The van der Waals surface area contributed by atoms with Gasteiger partial charge in [-0.3, -0.25) is 9.78 Å². The zero-order valence-corrected chi connectivity index (χ0v) is 13.7. The van der Waals surface area contributed by atoms with Gasteiger partial charge >= 0.3 is 0 Å². The van der Waals surface area contributed by atoms with Crippen LogP contribution in [0.2, 0.25) is 0 Å². The van der Waals surface area contributed by atoms with Gasteiger partial charge in [-0.1, -0.05) is 42.5 Å². The third-order valence-corrected chi connectivity index (χ3v) is 4.12. The van der Waals surface area contributed by atoms with Crippen molar-refractivity contribution in [1.29, 1.82) is 0 Å². The molecule has 0 atom stereocenters. The number of carbonyl (C=O) groups excluding carboxylic acids is 1. The van der Waals surface area contributed by atoms with E-state index in [1.807, 2.05) is 42.5 Å². The molecule has 0 saturated heterocycles. The van der Waals surface area contributed by atoms with Gasteiger partial charge in [0.2, 0.25) is 0 Å². The molecule has 4 aromatic rings. The van der Waals surface area contributed by atoms with Gasteiger partial charge in [0.25, 0.3) is 0 Å². The Morgan fingerprint density at radius 2 is 1.65 bits per heavy atom. The Labute approximate surface area is 149 Å². The number of pyridine rings is 1. The van der Waals surface area contributed by atoms with Crippen LogP contribution in [-0.4, -0.2) is 21.1 Å². The molecule has 0 radical (unpaired) electrons. The summed E-state index contributed by atoms with van der Waals surface area (Å²) in [6, 6.07) is 19.8. The molecular weight excluding hydrogens is 329 g/mol. The fourth-order valence-electron chi connectivity index (χ4n) is 2.86. The number of rotatable bonds is 4. The summed E-state index contributed by atoms with van der Waals surface area (Å²) >= 11 is 0. The largest absolute Gasteiger partial charge is 0.298 e. The minimum atomic E-state index is -0.411. The zero-order chi connectivity index (χ0) is 17.9. The number of hydrogen-bond donors (Lipinski definition) is 0. The molecule has 126 valence electrons. The number of carbonyl (C=O) groups is 1. The SMILES string of the molecule is O=Cc1cnn(-c2ccc(-c3ccccc3)nc2)c1-c1ccccc1F. The lowest BCUT2D eigenvalue weighted by Gasteiger charge is -2.10. The fraction of sp³-hybridized carbons (Fsp3) is 0. The quantitative estimate of drug-likeness (QED) is 0.511. The lowest BCUT2D eigenvalue weighted by atomic mass is 10.1. The molecule has 0 bridgehead atoms. The Morgan fingerprint density at radius 1 is 0.885 bits per heavy atom. The summed E-state index contributed by atoms with van der Waals surface area (Å²) < 4.78 is 15.8. The molecule has 2 aromatic carbocycles. The minimum absolute atomic E-state index is 0.319. The highest BCUT2D eigenvalue weighted by molar-refractivity contribution is 5.86. The normalized spacial score (nSPS) is 10.7. The standard InChI is InChI=1S/C21H14FN3O/c22-19-9-5-4-8-18(19)21-16(14-26)12-24-25(21)17-10-11-20(23-13-17)15-6-2-1-3-7-15/h1-14H. The molecule has 4 rings (SSSR count). The van der Waals surface area contributed by atoms with Crippen molar-refractivity contribution in [3.05, 3.63) is 90.5 Å². The molecule has 0 N–H and O–H groups in total. The lowest BCUT2D eigenvalue weighted by molar-refractivity contribution is 0.112. The first-order valence-corrected chi connectivity index (χ1v) is 8.08. The fourth-order valence-corrected chi connectivity index (χ4v) is 2.86. The number of aldehydes is 1. The molecule has 0 aliphatic carbocycles. The number of aromatic nitrogens is 3. The number of nitrogens with zero attached hydrogens (tertiary/aromatic N) is 3. The van der Waals surface area contributed by atoms with Crippen LogP contribution in [-0.2, 0) is 0 Å². The molecule has 0 amide bonds. The van der Waals surface area contributed by atoms with Crippen LogP contribution in [0.3, 0.4) is 0 Å². The Balaban J connectivity index is 1.81. The van der Waals surface area contributed by atoms with Crippen molar-refractivity contribution < 1.29 is 9.18 Å². The lowest BCUT2D eigenvalue weighted by Crippen LogP contribution is -2.02. The Hall–Kier alpha value is -3.60. The minimum Gasteiger partial charge on any atom is -0.298 e. The molecular formula is C21H14FN3O. The van der Waals surface area contributed by atoms with E-state index in [4.69, 9.17) is 0 Å². The van der Waals surface area contributed by atoms with Gasteiger partial charge in [0, 0.05) is 11.1 Å². The highest BCUT2D eigenvalue weighted by atomic mass is 19.1. The number of benzene rings is 2.